The summed E-state index contributed by atoms with van der Waals surface area (Å²) in [6.45, 7) is 5.16. The molecule has 6 nitrogen and oxygen atoms in total. The molecule has 0 fully saturated rings. The summed E-state index contributed by atoms with van der Waals surface area (Å²) in [6, 6.07) is 15.1. The Labute approximate surface area is 186 Å². The van der Waals surface area contributed by atoms with Gasteiger partial charge in [0.25, 0.3) is 0 Å². The third kappa shape index (κ3) is 11.7. The molecule has 0 aliphatic heterocycles. The fourth-order valence-corrected chi connectivity index (χ4v) is 2.39. The summed E-state index contributed by atoms with van der Waals surface area (Å²) in [5, 5.41) is 5.07. The predicted octanol–water partition coefficient (Wildman–Crippen LogP) is 4.63. The molecule has 0 bridgehead atoms. The Balaban J connectivity index is 0.000000377. The van der Waals surface area contributed by atoms with Gasteiger partial charge in [0.2, 0.25) is 5.91 Å². The largest absolute Gasteiger partial charge is 0.444 e. The zero-order valence-electron chi connectivity index (χ0n) is 15.4. The van der Waals surface area contributed by atoms with Crippen LogP contribution in [0.3, 0.4) is 0 Å². The summed E-state index contributed by atoms with van der Waals surface area (Å²) in [5.41, 5.74) is 6.37. The lowest BCUT2D eigenvalue weighted by Crippen LogP contribution is -2.37. The molecule has 27 heavy (non-hydrogen) atoms. The van der Waals surface area contributed by atoms with Crippen molar-refractivity contribution >= 4 is 68.6 Å². The summed E-state index contributed by atoms with van der Waals surface area (Å²) in [7, 11) is 0. The molecule has 0 saturated heterocycles. The first-order valence-electron chi connectivity index (χ1n) is 8.08. The second-order valence-corrected chi connectivity index (χ2v) is 8.95. The topological polar surface area (TPSA) is 93.4 Å². The number of rotatable bonds is 3. The zero-order chi connectivity index (χ0) is 20.4. The Morgan fingerprint density at radius 2 is 1.44 bits per heavy atom. The Hall–Kier alpha value is -1.56. The maximum Gasteiger partial charge on any atom is 0.408 e. The van der Waals surface area contributed by atoms with Gasteiger partial charge in [-0.1, -0.05) is 0 Å². The average molecular weight is 595 g/mol. The van der Waals surface area contributed by atoms with Crippen LogP contribution in [0.1, 0.15) is 20.8 Å². The van der Waals surface area contributed by atoms with E-state index in [0.717, 1.165) is 9.26 Å². The van der Waals surface area contributed by atoms with Crippen molar-refractivity contribution in [3.63, 3.8) is 0 Å². The van der Waals surface area contributed by atoms with Crippen LogP contribution in [0, 0.1) is 7.14 Å². The first-order valence-corrected chi connectivity index (χ1v) is 10.2. The number of halogens is 2. The Morgan fingerprint density at radius 3 is 1.89 bits per heavy atom. The number of carbonyl (C=O) groups excluding carboxylic acids is 2. The standard InChI is InChI=1S/C13H17IN2O3.C6H6IN/c1-13(2,3)19-12(18)15-8-11(17)16-10-6-4-9(14)5-7-10;7-5-1-3-6(8)4-2-5/h4-7H,8H2,1-3H3,(H,15,18)(H,16,17);1-4H,8H2. The molecule has 0 aliphatic rings. The van der Waals surface area contributed by atoms with Crippen LogP contribution in [-0.4, -0.2) is 24.1 Å². The van der Waals surface area contributed by atoms with Crippen molar-refractivity contribution in [1.29, 1.82) is 0 Å². The van der Waals surface area contributed by atoms with E-state index in [1.807, 2.05) is 36.4 Å². The monoisotopic (exact) mass is 595 g/mol. The fourth-order valence-electron chi connectivity index (χ4n) is 1.67. The van der Waals surface area contributed by atoms with Crippen molar-refractivity contribution in [3.05, 3.63) is 55.7 Å². The summed E-state index contributed by atoms with van der Waals surface area (Å²) < 4.78 is 7.33. The fraction of sp³-hybridized carbons (Fsp3) is 0.263. The Kier molecular flexibility index (Phi) is 9.84. The van der Waals surface area contributed by atoms with Gasteiger partial charge < -0.3 is 21.1 Å². The molecule has 0 aromatic heterocycles. The molecular weight excluding hydrogens is 572 g/mol. The van der Waals surface area contributed by atoms with E-state index < -0.39 is 11.7 Å². The number of nitrogens with two attached hydrogens (primary N) is 1. The van der Waals surface area contributed by atoms with E-state index in [1.165, 1.54) is 3.57 Å². The van der Waals surface area contributed by atoms with E-state index >= 15 is 0 Å². The van der Waals surface area contributed by atoms with Crippen LogP contribution in [0.25, 0.3) is 0 Å². The lowest BCUT2D eigenvalue weighted by molar-refractivity contribution is -0.115. The van der Waals surface area contributed by atoms with Gasteiger partial charge in [0.15, 0.2) is 0 Å². The van der Waals surface area contributed by atoms with Crippen molar-refractivity contribution in [3.8, 4) is 0 Å². The molecule has 146 valence electrons. The molecule has 0 atom stereocenters. The van der Waals surface area contributed by atoms with Crippen molar-refractivity contribution in [2.45, 2.75) is 26.4 Å². The van der Waals surface area contributed by atoms with E-state index in [0.29, 0.717) is 5.69 Å². The van der Waals surface area contributed by atoms with Crippen LogP contribution in [0.2, 0.25) is 0 Å². The quantitative estimate of drug-likeness (QED) is 0.357. The number of hydrogen-bond donors (Lipinski definition) is 3. The van der Waals surface area contributed by atoms with Gasteiger partial charge in [-0.25, -0.2) is 4.79 Å². The van der Waals surface area contributed by atoms with Crippen LogP contribution in [0.5, 0.6) is 0 Å². The van der Waals surface area contributed by atoms with Crippen LogP contribution in [0.4, 0.5) is 16.2 Å². The van der Waals surface area contributed by atoms with Gasteiger partial charge in [-0.2, -0.15) is 0 Å². The molecular formula is C19H23I2N3O3. The third-order valence-corrected chi connectivity index (χ3v) is 4.23. The number of anilines is 2. The predicted molar refractivity (Wildman–Crippen MR) is 126 cm³/mol. The third-order valence-electron chi connectivity index (χ3n) is 2.79. The highest BCUT2D eigenvalue weighted by Gasteiger charge is 2.16. The van der Waals surface area contributed by atoms with Crippen molar-refractivity contribution in [2.24, 2.45) is 0 Å². The molecule has 0 unspecified atom stereocenters. The minimum atomic E-state index is -0.606. The maximum atomic E-state index is 11.6. The van der Waals surface area contributed by atoms with Gasteiger partial charge in [-0.15, -0.1) is 0 Å². The number of nitrogen functional groups attached to an aromatic ring is 1. The molecule has 2 amide bonds. The van der Waals surface area contributed by atoms with E-state index in [2.05, 4.69) is 55.8 Å². The average Bonchev–Trinajstić information content (AvgIpc) is 2.57. The molecule has 2 rings (SSSR count). The number of alkyl carbamates (subject to hydrolysis) is 1. The Bertz CT molecular complexity index is 721. The molecule has 0 heterocycles. The minimum Gasteiger partial charge on any atom is -0.444 e. The van der Waals surface area contributed by atoms with E-state index in [4.69, 9.17) is 10.5 Å². The molecule has 2 aromatic rings. The number of nitrogens with one attached hydrogen (secondary N) is 2. The van der Waals surface area contributed by atoms with Gasteiger partial charge in [0, 0.05) is 18.5 Å². The smallest absolute Gasteiger partial charge is 0.408 e. The maximum absolute atomic E-state index is 11.6. The van der Waals surface area contributed by atoms with Gasteiger partial charge in [-0.3, -0.25) is 4.79 Å². The van der Waals surface area contributed by atoms with Gasteiger partial charge in [0.1, 0.15) is 12.1 Å². The van der Waals surface area contributed by atoms with Crippen LogP contribution >= 0.6 is 45.2 Å². The van der Waals surface area contributed by atoms with E-state index in [1.54, 1.807) is 32.9 Å². The van der Waals surface area contributed by atoms with Crippen molar-refractivity contribution < 1.29 is 14.3 Å². The van der Waals surface area contributed by atoms with Crippen LogP contribution < -0.4 is 16.4 Å². The highest BCUT2D eigenvalue weighted by Crippen LogP contribution is 2.11. The highest BCUT2D eigenvalue weighted by molar-refractivity contribution is 14.1. The first-order chi connectivity index (χ1) is 12.5. The molecule has 0 saturated carbocycles. The molecule has 0 aliphatic carbocycles. The molecule has 0 spiro atoms. The van der Waals surface area contributed by atoms with Gasteiger partial charge in [-0.05, 0) is 114 Å². The van der Waals surface area contributed by atoms with E-state index in [-0.39, 0.29) is 12.5 Å². The first kappa shape index (κ1) is 23.5. The zero-order valence-corrected chi connectivity index (χ0v) is 19.7. The number of benzene rings is 2. The van der Waals surface area contributed by atoms with Gasteiger partial charge >= 0.3 is 6.09 Å². The number of ether oxygens (including phenoxy) is 1. The summed E-state index contributed by atoms with van der Waals surface area (Å²) >= 11 is 4.42. The summed E-state index contributed by atoms with van der Waals surface area (Å²) in [6.07, 6.45) is -0.606. The lowest BCUT2D eigenvalue weighted by Gasteiger charge is -2.19. The van der Waals surface area contributed by atoms with Crippen molar-refractivity contribution in [1.82, 2.24) is 5.32 Å². The Morgan fingerprint density at radius 1 is 0.963 bits per heavy atom. The van der Waals surface area contributed by atoms with Crippen LogP contribution in [-0.2, 0) is 9.53 Å². The normalized spacial score (nSPS) is 10.3. The molecule has 2 aromatic carbocycles. The number of amides is 2. The highest BCUT2D eigenvalue weighted by atomic mass is 127. The van der Waals surface area contributed by atoms with Gasteiger partial charge in [0.05, 0.1) is 0 Å². The second-order valence-electron chi connectivity index (χ2n) is 6.46. The summed E-state index contributed by atoms with van der Waals surface area (Å²) in [5.74, 6) is -0.299. The molecule has 4 N–H and O–H groups in total. The number of carbonyl (C=O) groups is 2. The van der Waals surface area contributed by atoms with Crippen molar-refractivity contribution in [2.75, 3.05) is 17.6 Å². The molecule has 0 radical (unpaired) electrons. The second kappa shape index (κ2) is 11.3. The SMILES string of the molecule is CC(C)(C)OC(=O)NCC(=O)Nc1ccc(I)cc1.Nc1ccc(I)cc1. The summed E-state index contributed by atoms with van der Waals surface area (Å²) in [4.78, 5) is 22.9. The van der Waals surface area contributed by atoms with E-state index in [9.17, 15) is 9.59 Å². The number of hydrogen-bond acceptors (Lipinski definition) is 4. The minimum absolute atomic E-state index is 0.124. The lowest BCUT2D eigenvalue weighted by atomic mass is 10.2. The molecule has 8 heteroatoms. The van der Waals surface area contributed by atoms with Crippen LogP contribution in [0.15, 0.2) is 48.5 Å².